The second kappa shape index (κ2) is 6.29. The van der Waals surface area contributed by atoms with E-state index >= 15 is 0 Å². The predicted octanol–water partition coefficient (Wildman–Crippen LogP) is 2.31. The Kier molecular flexibility index (Phi) is 4.76. The van der Waals surface area contributed by atoms with Gasteiger partial charge < -0.3 is 9.47 Å². The molecule has 0 unspecified atom stereocenters. The number of benzene rings is 1. The van der Waals surface area contributed by atoms with Crippen molar-refractivity contribution < 1.29 is 24.0 Å². The van der Waals surface area contributed by atoms with Crippen LogP contribution in [0.4, 0.5) is 10.5 Å². The predicted molar refractivity (Wildman–Crippen MR) is 65.2 cm³/mol. The zero-order chi connectivity index (χ0) is 14.4. The molecule has 1 rings (SSSR count). The molecule has 100 valence electrons. The van der Waals surface area contributed by atoms with Gasteiger partial charge in [-0.25, -0.2) is 9.59 Å². The number of nitro groups is 1. The Morgan fingerprint density at radius 3 is 2.53 bits per heavy atom. The minimum atomic E-state index is -1.14. The molecule has 0 radical (unpaired) electrons. The van der Waals surface area contributed by atoms with Crippen LogP contribution in [0.15, 0.2) is 29.8 Å². The van der Waals surface area contributed by atoms with Crippen molar-refractivity contribution in [2.24, 2.45) is 0 Å². The third-order valence-electron chi connectivity index (χ3n) is 2.17. The van der Waals surface area contributed by atoms with Crippen LogP contribution in [-0.4, -0.2) is 24.2 Å². The molecule has 0 bridgehead atoms. The van der Waals surface area contributed by atoms with Gasteiger partial charge in [-0.1, -0.05) is 12.1 Å². The van der Waals surface area contributed by atoms with Gasteiger partial charge in [0.05, 0.1) is 17.6 Å². The summed E-state index contributed by atoms with van der Waals surface area (Å²) < 4.78 is 8.46. The highest BCUT2D eigenvalue weighted by Gasteiger charge is 2.15. The number of ether oxygens (including phenoxy) is 2. The molecule has 0 aliphatic carbocycles. The van der Waals surface area contributed by atoms with Crippen molar-refractivity contribution in [2.75, 3.05) is 7.11 Å². The Labute approximate surface area is 108 Å². The van der Waals surface area contributed by atoms with Crippen LogP contribution >= 0.6 is 0 Å². The van der Waals surface area contributed by atoms with Crippen LogP contribution in [-0.2, 0) is 14.3 Å². The van der Waals surface area contributed by atoms with Crippen molar-refractivity contribution in [2.45, 2.75) is 6.92 Å². The Balaban J connectivity index is 2.99. The maximum Gasteiger partial charge on any atom is 0.516 e. The fourth-order valence-corrected chi connectivity index (χ4v) is 1.27. The molecule has 1 aromatic carbocycles. The van der Waals surface area contributed by atoms with Crippen LogP contribution in [0.3, 0.4) is 0 Å². The number of esters is 1. The lowest BCUT2D eigenvalue weighted by Crippen LogP contribution is -2.12. The van der Waals surface area contributed by atoms with E-state index in [0.717, 1.165) is 7.11 Å². The molecule has 19 heavy (non-hydrogen) atoms. The van der Waals surface area contributed by atoms with Gasteiger partial charge in [-0.05, 0) is 19.1 Å². The largest absolute Gasteiger partial charge is 0.516 e. The lowest BCUT2D eigenvalue weighted by atomic mass is 10.1. The molecule has 0 spiro atoms. The highest BCUT2D eigenvalue weighted by atomic mass is 16.7. The highest BCUT2D eigenvalue weighted by molar-refractivity contribution is 5.98. The van der Waals surface area contributed by atoms with E-state index in [2.05, 4.69) is 9.47 Å². The number of hydrogen-bond donors (Lipinski definition) is 0. The van der Waals surface area contributed by atoms with Crippen molar-refractivity contribution in [1.29, 1.82) is 0 Å². The Morgan fingerprint density at radius 2 is 1.95 bits per heavy atom. The smallest absolute Gasteiger partial charge is 0.437 e. The molecule has 0 fully saturated rings. The zero-order valence-electron chi connectivity index (χ0n) is 10.3. The SMILES string of the molecule is COC(=O)OC(=O)C(C)=Cc1ccccc1[N+](=O)[O-]. The summed E-state index contributed by atoms with van der Waals surface area (Å²) in [5.41, 5.74) is 0.138. The van der Waals surface area contributed by atoms with Gasteiger partial charge in [-0.3, -0.25) is 10.1 Å². The van der Waals surface area contributed by atoms with Gasteiger partial charge in [-0.2, -0.15) is 0 Å². The summed E-state index contributed by atoms with van der Waals surface area (Å²) in [5, 5.41) is 10.8. The van der Waals surface area contributed by atoms with Crippen molar-refractivity contribution in [3.63, 3.8) is 0 Å². The van der Waals surface area contributed by atoms with Gasteiger partial charge in [-0.15, -0.1) is 0 Å². The fraction of sp³-hybridized carbons (Fsp3) is 0.167. The van der Waals surface area contributed by atoms with Crippen LogP contribution in [0, 0.1) is 10.1 Å². The Hall–Kier alpha value is -2.70. The summed E-state index contributed by atoms with van der Waals surface area (Å²) in [6.07, 6.45) is 0.129. The number of nitro benzene ring substituents is 1. The van der Waals surface area contributed by atoms with E-state index in [1.165, 1.54) is 31.2 Å². The van der Waals surface area contributed by atoms with Crippen molar-refractivity contribution in [3.8, 4) is 0 Å². The fourth-order valence-electron chi connectivity index (χ4n) is 1.27. The third-order valence-corrected chi connectivity index (χ3v) is 2.17. The molecule has 1 aromatic rings. The van der Waals surface area contributed by atoms with Crippen LogP contribution < -0.4 is 0 Å². The van der Waals surface area contributed by atoms with Gasteiger partial charge >= 0.3 is 12.1 Å². The lowest BCUT2D eigenvalue weighted by molar-refractivity contribution is -0.385. The number of carbonyl (C=O) groups excluding carboxylic acids is 2. The van der Waals surface area contributed by atoms with Gasteiger partial charge in [0.25, 0.3) is 5.69 Å². The van der Waals surface area contributed by atoms with E-state index in [-0.39, 0.29) is 16.8 Å². The van der Waals surface area contributed by atoms with Gasteiger partial charge in [0.15, 0.2) is 0 Å². The summed E-state index contributed by atoms with van der Waals surface area (Å²) in [7, 11) is 1.07. The molecule has 0 atom stereocenters. The van der Waals surface area contributed by atoms with E-state index in [1.807, 2.05) is 0 Å². The minimum Gasteiger partial charge on any atom is -0.437 e. The quantitative estimate of drug-likeness (QED) is 0.273. The number of nitrogens with zero attached hydrogens (tertiary/aromatic N) is 1. The average Bonchev–Trinajstić information content (AvgIpc) is 2.38. The van der Waals surface area contributed by atoms with Gasteiger partial charge in [0.2, 0.25) is 0 Å². The van der Waals surface area contributed by atoms with Crippen LogP contribution in [0.2, 0.25) is 0 Å². The maximum absolute atomic E-state index is 11.4. The molecule has 0 aliphatic heterocycles. The maximum atomic E-state index is 11.4. The number of methoxy groups -OCH3 is 1. The second-order valence-corrected chi connectivity index (χ2v) is 3.49. The van der Waals surface area contributed by atoms with Crippen molar-refractivity contribution >= 4 is 23.9 Å². The molecule has 0 aliphatic rings. The number of rotatable bonds is 3. The topological polar surface area (TPSA) is 95.7 Å². The minimum absolute atomic E-state index is 0.0414. The number of para-hydroxylation sites is 1. The summed E-state index contributed by atoms with van der Waals surface area (Å²) in [4.78, 5) is 32.4. The molecule has 0 aromatic heterocycles. The monoisotopic (exact) mass is 265 g/mol. The normalized spacial score (nSPS) is 10.7. The first-order valence-electron chi connectivity index (χ1n) is 5.17. The molecule has 0 saturated carbocycles. The van der Waals surface area contributed by atoms with E-state index < -0.39 is 17.0 Å². The van der Waals surface area contributed by atoms with Crippen LogP contribution in [0.1, 0.15) is 12.5 Å². The number of carbonyl (C=O) groups is 2. The van der Waals surface area contributed by atoms with Gasteiger partial charge in [0.1, 0.15) is 0 Å². The molecule has 0 heterocycles. The molecule has 0 saturated heterocycles. The first kappa shape index (κ1) is 14.4. The van der Waals surface area contributed by atoms with Crippen molar-refractivity contribution in [1.82, 2.24) is 0 Å². The number of hydrogen-bond acceptors (Lipinski definition) is 6. The molecule has 7 nitrogen and oxygen atoms in total. The van der Waals surface area contributed by atoms with E-state index in [1.54, 1.807) is 6.07 Å². The summed E-state index contributed by atoms with van der Waals surface area (Å²) in [5.74, 6) is -0.926. The van der Waals surface area contributed by atoms with Crippen LogP contribution in [0.25, 0.3) is 6.08 Å². The molecule has 0 amide bonds. The Bertz CT molecular complexity index is 549. The highest BCUT2D eigenvalue weighted by Crippen LogP contribution is 2.20. The second-order valence-electron chi connectivity index (χ2n) is 3.49. The summed E-state index contributed by atoms with van der Waals surface area (Å²) in [6.45, 7) is 1.38. The first-order chi connectivity index (χ1) is 8.95. The average molecular weight is 265 g/mol. The van der Waals surface area contributed by atoms with Gasteiger partial charge in [0, 0.05) is 11.6 Å². The Morgan fingerprint density at radius 1 is 1.32 bits per heavy atom. The van der Waals surface area contributed by atoms with E-state index in [9.17, 15) is 19.7 Å². The summed E-state index contributed by atoms with van der Waals surface area (Å²) in [6, 6.07) is 5.90. The van der Waals surface area contributed by atoms with E-state index in [0.29, 0.717) is 0 Å². The molecular weight excluding hydrogens is 254 g/mol. The third kappa shape index (κ3) is 3.91. The standard InChI is InChI=1S/C12H11NO6/c1-8(11(14)19-12(15)18-2)7-9-5-3-4-6-10(9)13(16)17/h3-7H,1-2H3. The first-order valence-corrected chi connectivity index (χ1v) is 5.17. The van der Waals surface area contributed by atoms with E-state index in [4.69, 9.17) is 0 Å². The molecule has 7 heteroatoms. The summed E-state index contributed by atoms with van der Waals surface area (Å²) >= 11 is 0. The molecular formula is C12H11NO6. The molecule has 0 N–H and O–H groups in total. The van der Waals surface area contributed by atoms with Crippen LogP contribution in [0.5, 0.6) is 0 Å². The lowest BCUT2D eigenvalue weighted by Gasteiger charge is -2.02. The van der Waals surface area contributed by atoms with Crippen molar-refractivity contribution in [3.05, 3.63) is 45.5 Å². The zero-order valence-corrected chi connectivity index (χ0v) is 10.3.